The lowest BCUT2D eigenvalue weighted by Gasteiger charge is -2.15. The second-order valence-electron chi connectivity index (χ2n) is 11.6. The van der Waals surface area contributed by atoms with E-state index >= 15 is 0 Å². The fourth-order valence-corrected chi connectivity index (χ4v) is 6.72. The fraction of sp³-hybridized carbons (Fsp3) is 0. The van der Waals surface area contributed by atoms with Crippen molar-refractivity contribution in [2.75, 3.05) is 0 Å². The van der Waals surface area contributed by atoms with Crippen LogP contribution in [0, 0.1) is 0 Å². The molecule has 5 aromatic carbocycles. The maximum Gasteiger partial charge on any atom is 0.0801 e. The van der Waals surface area contributed by atoms with Gasteiger partial charge < -0.3 is 0 Å². The molecular formula is C42H26N4. The number of benzene rings is 5. The summed E-state index contributed by atoms with van der Waals surface area (Å²) >= 11 is 0. The summed E-state index contributed by atoms with van der Waals surface area (Å²) in [5.74, 6) is 0. The van der Waals surface area contributed by atoms with Gasteiger partial charge in [-0.1, -0.05) is 84.9 Å². The molecule has 0 atom stereocenters. The van der Waals surface area contributed by atoms with Gasteiger partial charge in [-0.3, -0.25) is 15.0 Å². The number of nitrogens with zero attached hydrogens (tertiary/aromatic N) is 4. The lowest BCUT2D eigenvalue weighted by molar-refractivity contribution is 1.32. The first-order chi connectivity index (χ1) is 22.8. The Kier molecular flexibility index (Phi) is 6.10. The van der Waals surface area contributed by atoms with Gasteiger partial charge in [0, 0.05) is 75.4 Å². The highest BCUT2D eigenvalue weighted by Gasteiger charge is 2.17. The van der Waals surface area contributed by atoms with E-state index < -0.39 is 0 Å². The monoisotopic (exact) mass is 586 g/mol. The van der Waals surface area contributed by atoms with Gasteiger partial charge in [0.15, 0.2) is 0 Å². The van der Waals surface area contributed by atoms with Gasteiger partial charge in [-0.05, 0) is 74.8 Å². The lowest BCUT2D eigenvalue weighted by Crippen LogP contribution is -1.93. The second-order valence-corrected chi connectivity index (χ2v) is 11.6. The van der Waals surface area contributed by atoms with E-state index in [1.54, 1.807) is 12.4 Å². The number of pyridine rings is 4. The number of aromatic nitrogens is 4. The van der Waals surface area contributed by atoms with Crippen LogP contribution >= 0.6 is 0 Å². The lowest BCUT2D eigenvalue weighted by atomic mass is 9.92. The number of rotatable bonds is 4. The Balaban J connectivity index is 1.23. The summed E-state index contributed by atoms with van der Waals surface area (Å²) in [5, 5.41) is 8.13. The van der Waals surface area contributed by atoms with Crippen molar-refractivity contribution in [2.45, 2.75) is 0 Å². The van der Waals surface area contributed by atoms with Crippen molar-refractivity contribution in [3.8, 4) is 44.6 Å². The first kappa shape index (κ1) is 26.2. The Bertz CT molecular complexity index is 2500. The van der Waals surface area contributed by atoms with Crippen LogP contribution in [-0.2, 0) is 0 Å². The van der Waals surface area contributed by atoms with Gasteiger partial charge in [0.2, 0.25) is 0 Å². The van der Waals surface area contributed by atoms with Crippen LogP contribution in [0.3, 0.4) is 0 Å². The third-order valence-corrected chi connectivity index (χ3v) is 8.89. The van der Waals surface area contributed by atoms with E-state index in [1.807, 2.05) is 36.9 Å². The molecule has 0 bridgehead atoms. The van der Waals surface area contributed by atoms with E-state index in [4.69, 9.17) is 4.98 Å². The quantitative estimate of drug-likeness (QED) is 0.193. The van der Waals surface area contributed by atoms with Crippen LogP contribution in [0.4, 0.5) is 0 Å². The van der Waals surface area contributed by atoms with Gasteiger partial charge in [0.1, 0.15) is 0 Å². The first-order valence-corrected chi connectivity index (χ1v) is 15.4. The summed E-state index contributed by atoms with van der Waals surface area (Å²) in [4.78, 5) is 18.7. The van der Waals surface area contributed by atoms with Crippen LogP contribution in [-0.4, -0.2) is 19.9 Å². The Morgan fingerprint density at radius 1 is 0.326 bits per heavy atom. The molecule has 0 saturated carbocycles. The topological polar surface area (TPSA) is 51.6 Å². The smallest absolute Gasteiger partial charge is 0.0801 e. The highest BCUT2D eigenvalue weighted by Crippen LogP contribution is 2.41. The number of hydrogen-bond acceptors (Lipinski definition) is 4. The molecular weight excluding hydrogens is 560 g/mol. The average molecular weight is 587 g/mol. The van der Waals surface area contributed by atoms with E-state index in [-0.39, 0.29) is 0 Å². The zero-order valence-electron chi connectivity index (χ0n) is 24.8. The van der Waals surface area contributed by atoms with Gasteiger partial charge in [-0.15, -0.1) is 0 Å². The molecule has 0 radical (unpaired) electrons. The summed E-state index contributed by atoms with van der Waals surface area (Å²) in [6.07, 6.45) is 11.3. The normalized spacial score (nSPS) is 11.5. The molecule has 0 saturated heterocycles. The van der Waals surface area contributed by atoms with E-state index in [1.165, 1.54) is 16.2 Å². The molecule has 0 aliphatic rings. The van der Waals surface area contributed by atoms with Crippen molar-refractivity contribution in [3.05, 3.63) is 159 Å². The van der Waals surface area contributed by atoms with Crippen LogP contribution < -0.4 is 0 Å². The van der Waals surface area contributed by atoms with Gasteiger partial charge in [0.25, 0.3) is 0 Å². The molecule has 4 heteroatoms. The zero-order valence-corrected chi connectivity index (χ0v) is 24.8. The predicted molar refractivity (Wildman–Crippen MR) is 189 cm³/mol. The standard InChI is InChI=1S/C42H26N4/c1-3-11-36-34(9-1)35-10-2-4-12-37(35)42-40(36)39-26-45-20-17-38(39)41(46-42)28-15-13-27(14-16-28)31-21-32(29-7-5-18-43-24-29)23-33(22-31)30-8-6-19-44-25-30/h1-26H. The summed E-state index contributed by atoms with van der Waals surface area (Å²) in [6, 6.07) is 42.9. The van der Waals surface area contributed by atoms with Gasteiger partial charge in [0.05, 0.1) is 11.2 Å². The van der Waals surface area contributed by atoms with Crippen LogP contribution in [0.5, 0.6) is 0 Å². The Hall–Kier alpha value is -6.26. The minimum atomic E-state index is 0.956. The average Bonchev–Trinajstić information content (AvgIpc) is 3.15. The molecule has 0 amide bonds. The molecule has 0 spiro atoms. The van der Waals surface area contributed by atoms with Crippen molar-refractivity contribution in [1.29, 1.82) is 0 Å². The second kappa shape index (κ2) is 10.7. The van der Waals surface area contributed by atoms with E-state index in [2.05, 4.69) is 124 Å². The first-order valence-electron chi connectivity index (χ1n) is 15.4. The van der Waals surface area contributed by atoms with Crippen LogP contribution in [0.25, 0.3) is 87.9 Å². The van der Waals surface area contributed by atoms with Crippen molar-refractivity contribution in [2.24, 2.45) is 0 Å². The van der Waals surface area contributed by atoms with Gasteiger partial charge in [-0.25, -0.2) is 4.98 Å². The molecule has 4 heterocycles. The largest absolute Gasteiger partial charge is 0.264 e. The summed E-state index contributed by atoms with van der Waals surface area (Å²) in [6.45, 7) is 0. The molecule has 0 aliphatic heterocycles. The minimum Gasteiger partial charge on any atom is -0.264 e. The number of fused-ring (bicyclic) bond motifs is 8. The minimum absolute atomic E-state index is 0.956. The molecule has 9 aromatic rings. The highest BCUT2D eigenvalue weighted by atomic mass is 14.7. The van der Waals surface area contributed by atoms with E-state index in [9.17, 15) is 0 Å². The molecule has 0 fully saturated rings. The molecule has 0 N–H and O–H groups in total. The Morgan fingerprint density at radius 3 is 1.50 bits per heavy atom. The van der Waals surface area contributed by atoms with Crippen molar-refractivity contribution in [3.63, 3.8) is 0 Å². The molecule has 0 aliphatic carbocycles. The SMILES string of the molecule is c1cncc(-c2cc(-c3ccc(-c4nc5c6ccccc6c6ccccc6c5c5cnccc45)cc3)cc(-c3cccnc3)c2)c1. The highest BCUT2D eigenvalue weighted by molar-refractivity contribution is 6.31. The third kappa shape index (κ3) is 4.31. The van der Waals surface area contributed by atoms with E-state index in [0.29, 0.717) is 0 Å². The van der Waals surface area contributed by atoms with Crippen LogP contribution in [0.1, 0.15) is 0 Å². The Labute approximate surface area is 265 Å². The molecule has 4 nitrogen and oxygen atoms in total. The summed E-state index contributed by atoms with van der Waals surface area (Å²) in [7, 11) is 0. The molecule has 4 aromatic heterocycles. The Morgan fingerprint density at radius 2 is 0.870 bits per heavy atom. The molecule has 9 rings (SSSR count). The van der Waals surface area contributed by atoms with Crippen molar-refractivity contribution < 1.29 is 0 Å². The zero-order chi connectivity index (χ0) is 30.5. The van der Waals surface area contributed by atoms with Crippen molar-refractivity contribution >= 4 is 43.2 Å². The molecule has 214 valence electrons. The third-order valence-electron chi connectivity index (χ3n) is 8.89. The van der Waals surface area contributed by atoms with Crippen LogP contribution in [0.15, 0.2) is 159 Å². The fourth-order valence-electron chi connectivity index (χ4n) is 6.72. The van der Waals surface area contributed by atoms with E-state index in [0.717, 1.165) is 71.7 Å². The number of hydrogen-bond donors (Lipinski definition) is 0. The molecule has 0 unspecified atom stereocenters. The van der Waals surface area contributed by atoms with Gasteiger partial charge >= 0.3 is 0 Å². The van der Waals surface area contributed by atoms with Gasteiger partial charge in [-0.2, -0.15) is 0 Å². The molecule has 46 heavy (non-hydrogen) atoms. The summed E-state index contributed by atoms with van der Waals surface area (Å²) < 4.78 is 0. The predicted octanol–water partition coefficient (Wildman–Crippen LogP) is 10.5. The maximum absolute atomic E-state index is 5.42. The van der Waals surface area contributed by atoms with Crippen LogP contribution in [0.2, 0.25) is 0 Å². The van der Waals surface area contributed by atoms with Crippen molar-refractivity contribution in [1.82, 2.24) is 19.9 Å². The maximum atomic E-state index is 5.42. The summed E-state index contributed by atoms with van der Waals surface area (Å²) in [5.41, 5.74) is 9.65.